The molecule has 100 valence electrons. The van der Waals surface area contributed by atoms with Crippen LogP contribution in [0.15, 0.2) is 12.1 Å². The number of aromatic carboxylic acids is 1. The molecule has 0 bridgehead atoms. The third-order valence-electron chi connectivity index (χ3n) is 2.03. The van der Waals surface area contributed by atoms with Gasteiger partial charge in [0, 0.05) is 5.69 Å². The van der Waals surface area contributed by atoms with Gasteiger partial charge in [-0.15, -0.1) is 0 Å². The number of halogens is 6. The molecular formula is C9H5F6NO2. The Morgan fingerprint density at radius 3 is 1.78 bits per heavy atom. The van der Waals surface area contributed by atoms with Crippen LogP contribution in [-0.2, 0) is 12.4 Å². The van der Waals surface area contributed by atoms with E-state index < -0.39 is 40.7 Å². The first-order chi connectivity index (χ1) is 7.94. The van der Waals surface area contributed by atoms with Crippen LogP contribution in [0.25, 0.3) is 0 Å². The molecule has 0 heterocycles. The summed E-state index contributed by atoms with van der Waals surface area (Å²) in [4.78, 5) is 10.5. The smallest absolute Gasteiger partial charge is 0.418 e. The second kappa shape index (κ2) is 4.07. The van der Waals surface area contributed by atoms with Gasteiger partial charge in [-0.3, -0.25) is 0 Å². The molecular weight excluding hydrogens is 268 g/mol. The highest BCUT2D eigenvalue weighted by atomic mass is 19.4. The Kier molecular flexibility index (Phi) is 3.20. The molecule has 0 aromatic heterocycles. The highest BCUT2D eigenvalue weighted by Gasteiger charge is 2.41. The number of nitrogen functional groups attached to an aromatic ring is 1. The Balaban J connectivity index is 3.62. The Morgan fingerprint density at radius 2 is 1.44 bits per heavy atom. The van der Waals surface area contributed by atoms with E-state index in [4.69, 9.17) is 10.8 Å². The number of rotatable bonds is 1. The Hall–Kier alpha value is -1.93. The molecule has 0 aliphatic carbocycles. The lowest BCUT2D eigenvalue weighted by atomic mass is 10.0. The highest BCUT2D eigenvalue weighted by Crippen LogP contribution is 2.40. The SMILES string of the molecule is Nc1cc(C(=O)O)c(C(F)(F)F)cc1C(F)(F)F. The first-order valence-corrected chi connectivity index (χ1v) is 4.26. The van der Waals surface area contributed by atoms with Gasteiger partial charge in [0.2, 0.25) is 0 Å². The van der Waals surface area contributed by atoms with Gasteiger partial charge in [0.1, 0.15) is 0 Å². The van der Waals surface area contributed by atoms with Gasteiger partial charge >= 0.3 is 18.3 Å². The summed E-state index contributed by atoms with van der Waals surface area (Å²) < 4.78 is 74.4. The van der Waals surface area contributed by atoms with Crippen LogP contribution in [-0.4, -0.2) is 11.1 Å². The van der Waals surface area contributed by atoms with Crippen LogP contribution in [0.1, 0.15) is 21.5 Å². The zero-order chi connectivity index (χ0) is 14.3. The van der Waals surface area contributed by atoms with E-state index in [9.17, 15) is 31.1 Å². The largest absolute Gasteiger partial charge is 0.478 e. The van der Waals surface area contributed by atoms with Crippen LogP contribution < -0.4 is 5.73 Å². The van der Waals surface area contributed by atoms with Gasteiger partial charge in [-0.25, -0.2) is 4.79 Å². The molecule has 0 atom stereocenters. The minimum Gasteiger partial charge on any atom is -0.478 e. The minimum absolute atomic E-state index is 0.147. The molecule has 1 aromatic carbocycles. The van der Waals surface area contributed by atoms with Crippen molar-refractivity contribution < 1.29 is 36.2 Å². The lowest BCUT2D eigenvalue weighted by Crippen LogP contribution is -2.18. The fraction of sp³-hybridized carbons (Fsp3) is 0.222. The predicted octanol–water partition coefficient (Wildman–Crippen LogP) is 3.00. The molecule has 3 nitrogen and oxygen atoms in total. The average molecular weight is 273 g/mol. The minimum atomic E-state index is -5.22. The van der Waals surface area contributed by atoms with Crippen LogP contribution in [0.5, 0.6) is 0 Å². The van der Waals surface area contributed by atoms with Gasteiger partial charge < -0.3 is 10.8 Å². The van der Waals surface area contributed by atoms with E-state index >= 15 is 0 Å². The number of carbonyl (C=O) groups is 1. The van der Waals surface area contributed by atoms with E-state index in [1.54, 1.807) is 0 Å². The van der Waals surface area contributed by atoms with E-state index in [0.29, 0.717) is 0 Å². The highest BCUT2D eigenvalue weighted by molar-refractivity contribution is 5.91. The van der Waals surface area contributed by atoms with Crippen LogP contribution in [0.2, 0.25) is 0 Å². The summed E-state index contributed by atoms with van der Waals surface area (Å²) in [6.45, 7) is 0. The summed E-state index contributed by atoms with van der Waals surface area (Å²) in [7, 11) is 0. The molecule has 0 fully saturated rings. The number of carboxylic acids is 1. The summed E-state index contributed by atoms with van der Waals surface area (Å²) in [5, 5.41) is 8.51. The van der Waals surface area contributed by atoms with Gasteiger partial charge in [0.05, 0.1) is 16.7 Å². The number of nitrogens with two attached hydrogens (primary N) is 1. The van der Waals surface area contributed by atoms with Gasteiger partial charge in [0.15, 0.2) is 0 Å². The van der Waals surface area contributed by atoms with Crippen molar-refractivity contribution in [3.63, 3.8) is 0 Å². The summed E-state index contributed by atoms with van der Waals surface area (Å²) in [5.74, 6) is -2.01. The summed E-state index contributed by atoms with van der Waals surface area (Å²) in [6, 6.07) is -0.160. The van der Waals surface area contributed by atoms with Crippen LogP contribution in [0, 0.1) is 0 Å². The quantitative estimate of drug-likeness (QED) is 0.610. The van der Waals surface area contributed by atoms with Crippen molar-refractivity contribution in [3.05, 3.63) is 28.8 Å². The van der Waals surface area contributed by atoms with Crippen molar-refractivity contribution in [1.82, 2.24) is 0 Å². The number of hydrogen-bond acceptors (Lipinski definition) is 2. The van der Waals surface area contributed by atoms with Gasteiger partial charge in [-0.1, -0.05) is 0 Å². The fourth-order valence-electron chi connectivity index (χ4n) is 1.27. The van der Waals surface area contributed by atoms with E-state index in [0.717, 1.165) is 0 Å². The predicted molar refractivity (Wildman–Crippen MR) is 47.8 cm³/mol. The lowest BCUT2D eigenvalue weighted by molar-refractivity contribution is -0.143. The molecule has 0 aliphatic rings. The molecule has 0 spiro atoms. The van der Waals surface area contributed by atoms with Crippen LogP contribution in [0.3, 0.4) is 0 Å². The van der Waals surface area contributed by atoms with Gasteiger partial charge in [-0.2, -0.15) is 26.3 Å². The van der Waals surface area contributed by atoms with Crippen molar-refractivity contribution in [2.75, 3.05) is 5.73 Å². The van der Waals surface area contributed by atoms with Crippen molar-refractivity contribution >= 4 is 11.7 Å². The van der Waals surface area contributed by atoms with Crippen LogP contribution in [0.4, 0.5) is 32.0 Å². The van der Waals surface area contributed by atoms with Gasteiger partial charge in [0.25, 0.3) is 0 Å². The summed E-state index contributed by atoms with van der Waals surface area (Å²) in [6.07, 6.45) is -10.3. The van der Waals surface area contributed by atoms with Crippen LogP contribution >= 0.6 is 0 Å². The number of carboxylic acid groups (broad SMARTS) is 1. The van der Waals surface area contributed by atoms with Crippen molar-refractivity contribution in [1.29, 1.82) is 0 Å². The maximum atomic E-state index is 12.4. The molecule has 0 radical (unpaired) electrons. The molecule has 0 saturated heterocycles. The Labute approximate surface area is 95.8 Å². The number of anilines is 1. The third-order valence-corrected chi connectivity index (χ3v) is 2.03. The number of benzene rings is 1. The standard InChI is InChI=1S/C9H5F6NO2/c10-8(11,12)4-2-5(9(13,14)15)6(16)1-3(4)7(17)18/h1-2H,16H2,(H,17,18). The topological polar surface area (TPSA) is 63.3 Å². The fourth-order valence-corrected chi connectivity index (χ4v) is 1.27. The summed E-state index contributed by atoms with van der Waals surface area (Å²) >= 11 is 0. The first kappa shape index (κ1) is 14.1. The van der Waals surface area contributed by atoms with E-state index in [2.05, 4.69) is 0 Å². The number of alkyl halides is 6. The molecule has 3 N–H and O–H groups in total. The normalized spacial score (nSPS) is 12.6. The molecule has 1 aromatic rings. The molecule has 0 aliphatic heterocycles. The zero-order valence-corrected chi connectivity index (χ0v) is 8.36. The molecule has 0 saturated carbocycles. The van der Waals surface area contributed by atoms with E-state index in [1.165, 1.54) is 0 Å². The van der Waals surface area contributed by atoms with Crippen molar-refractivity contribution in [2.24, 2.45) is 0 Å². The van der Waals surface area contributed by atoms with Gasteiger partial charge in [-0.05, 0) is 12.1 Å². The molecule has 0 unspecified atom stereocenters. The molecule has 18 heavy (non-hydrogen) atoms. The van der Waals surface area contributed by atoms with E-state index in [-0.39, 0.29) is 12.1 Å². The average Bonchev–Trinajstić information content (AvgIpc) is 2.12. The molecule has 1 rings (SSSR count). The lowest BCUT2D eigenvalue weighted by Gasteiger charge is -2.15. The number of hydrogen-bond donors (Lipinski definition) is 2. The molecule has 9 heteroatoms. The first-order valence-electron chi connectivity index (χ1n) is 4.26. The third kappa shape index (κ3) is 2.66. The second-order valence-electron chi connectivity index (χ2n) is 3.29. The Bertz CT molecular complexity index is 491. The zero-order valence-electron chi connectivity index (χ0n) is 8.36. The second-order valence-corrected chi connectivity index (χ2v) is 3.29. The molecule has 0 amide bonds. The van der Waals surface area contributed by atoms with Crippen molar-refractivity contribution in [3.8, 4) is 0 Å². The monoisotopic (exact) mass is 273 g/mol. The van der Waals surface area contributed by atoms with E-state index in [1.807, 2.05) is 0 Å². The Morgan fingerprint density at radius 1 is 1.00 bits per heavy atom. The van der Waals surface area contributed by atoms with Crippen molar-refractivity contribution in [2.45, 2.75) is 12.4 Å². The maximum Gasteiger partial charge on any atom is 0.418 e. The summed E-state index contributed by atoms with van der Waals surface area (Å²) in [5.41, 5.74) is -1.11. The maximum absolute atomic E-state index is 12.4.